The highest BCUT2D eigenvalue weighted by molar-refractivity contribution is 7.16. The number of hydrogen-bond donors (Lipinski definition) is 2. The first-order chi connectivity index (χ1) is 11.3. The number of nitrogens with zero attached hydrogens (tertiary/aromatic N) is 2. The van der Waals surface area contributed by atoms with E-state index in [2.05, 4.69) is 9.82 Å². The van der Waals surface area contributed by atoms with Crippen LogP contribution in [0, 0.1) is 5.41 Å². The van der Waals surface area contributed by atoms with Crippen molar-refractivity contribution in [3.8, 4) is 0 Å². The smallest absolute Gasteiger partial charge is 0.389 e. The average Bonchev–Trinajstić information content (AvgIpc) is 2.89. The van der Waals surface area contributed by atoms with E-state index in [1.165, 1.54) is 0 Å². The molecule has 0 bridgehead atoms. The zero-order valence-corrected chi connectivity index (χ0v) is 14.0. The number of halogens is 3. The molecule has 3 rings (SSSR count). The van der Waals surface area contributed by atoms with Gasteiger partial charge in [0.05, 0.1) is 19.3 Å². The Morgan fingerprint density at radius 3 is 2.71 bits per heavy atom. The molecular formula is C14H19F3N4O2S. The Morgan fingerprint density at radius 2 is 2.21 bits per heavy atom. The van der Waals surface area contributed by atoms with Gasteiger partial charge < -0.3 is 14.5 Å². The van der Waals surface area contributed by atoms with E-state index in [9.17, 15) is 13.2 Å². The molecule has 2 heterocycles. The molecular weight excluding hydrogens is 345 g/mol. The standard InChI is InChI=1S/C14H19F3N4O2S/c1-8-7-22-6-5-21(8)11-9(10(18)23-19)20-12(24-11)13(3-2-4-13)14(15,16)17/h8,18H,2-7,19H2,1H3/t8-/m1/s1. The van der Waals surface area contributed by atoms with Crippen molar-refractivity contribution in [1.29, 1.82) is 5.41 Å². The van der Waals surface area contributed by atoms with Gasteiger partial charge in [0.15, 0.2) is 5.69 Å². The quantitative estimate of drug-likeness (QED) is 0.489. The number of anilines is 1. The molecule has 24 heavy (non-hydrogen) atoms. The van der Waals surface area contributed by atoms with Crippen LogP contribution in [0.25, 0.3) is 0 Å². The largest absolute Gasteiger partial charge is 0.400 e. The van der Waals surface area contributed by atoms with Crippen LogP contribution in [-0.2, 0) is 15.0 Å². The van der Waals surface area contributed by atoms with Crippen LogP contribution in [0.4, 0.5) is 18.2 Å². The predicted molar refractivity (Wildman–Crippen MR) is 83.4 cm³/mol. The van der Waals surface area contributed by atoms with Gasteiger partial charge >= 0.3 is 6.18 Å². The summed E-state index contributed by atoms with van der Waals surface area (Å²) in [4.78, 5) is 10.5. The van der Waals surface area contributed by atoms with Crippen LogP contribution in [0.1, 0.15) is 36.9 Å². The van der Waals surface area contributed by atoms with Crippen LogP contribution in [0.5, 0.6) is 0 Å². The SMILES string of the molecule is C[C@@H]1COCCN1c1sc(C2(C(F)(F)F)CCC2)nc1C(=N)ON. The van der Waals surface area contributed by atoms with Crippen molar-refractivity contribution in [2.75, 3.05) is 24.7 Å². The molecule has 0 aromatic carbocycles. The number of nitrogens with two attached hydrogens (primary N) is 1. The monoisotopic (exact) mass is 364 g/mol. The molecule has 1 aliphatic carbocycles. The lowest BCUT2D eigenvalue weighted by atomic mass is 9.68. The maximum absolute atomic E-state index is 13.6. The Morgan fingerprint density at radius 1 is 1.50 bits per heavy atom. The number of hydrogen-bond acceptors (Lipinski definition) is 7. The molecule has 1 saturated heterocycles. The highest BCUT2D eigenvalue weighted by Crippen LogP contribution is 2.56. The maximum Gasteiger partial charge on any atom is 0.400 e. The minimum absolute atomic E-state index is 0.00765. The van der Waals surface area contributed by atoms with Gasteiger partial charge in [-0.15, -0.1) is 0 Å². The molecule has 2 fully saturated rings. The summed E-state index contributed by atoms with van der Waals surface area (Å²) in [6.07, 6.45) is -3.79. The van der Waals surface area contributed by atoms with Crippen molar-refractivity contribution < 1.29 is 22.7 Å². The lowest BCUT2D eigenvalue weighted by Crippen LogP contribution is -2.48. The fourth-order valence-corrected chi connectivity index (χ4v) is 4.55. The Hall–Kier alpha value is -1.39. The molecule has 0 spiro atoms. The van der Waals surface area contributed by atoms with Gasteiger partial charge in [-0.2, -0.15) is 19.1 Å². The number of rotatable bonds is 3. The summed E-state index contributed by atoms with van der Waals surface area (Å²) < 4.78 is 46.2. The molecule has 0 unspecified atom stereocenters. The molecule has 134 valence electrons. The third kappa shape index (κ3) is 2.66. The molecule has 1 aromatic heterocycles. The fourth-order valence-electron chi connectivity index (χ4n) is 3.09. The van der Waals surface area contributed by atoms with Gasteiger partial charge in [0.2, 0.25) is 0 Å². The van der Waals surface area contributed by atoms with Gasteiger partial charge in [-0.05, 0) is 19.8 Å². The number of ether oxygens (including phenoxy) is 1. The molecule has 0 radical (unpaired) electrons. The van der Waals surface area contributed by atoms with Gasteiger partial charge in [0.1, 0.15) is 15.4 Å². The minimum Gasteiger partial charge on any atom is -0.389 e. The molecule has 10 heteroatoms. The highest BCUT2D eigenvalue weighted by atomic mass is 32.1. The Kier molecular flexibility index (Phi) is 4.47. The van der Waals surface area contributed by atoms with Crippen LogP contribution in [-0.4, -0.2) is 42.9 Å². The van der Waals surface area contributed by atoms with Gasteiger partial charge in [-0.3, -0.25) is 5.41 Å². The van der Waals surface area contributed by atoms with Crippen molar-refractivity contribution in [3.63, 3.8) is 0 Å². The Balaban J connectivity index is 2.05. The van der Waals surface area contributed by atoms with Crippen molar-refractivity contribution in [3.05, 3.63) is 10.7 Å². The van der Waals surface area contributed by atoms with E-state index in [1.807, 2.05) is 11.8 Å². The summed E-state index contributed by atoms with van der Waals surface area (Å²) in [5.74, 6) is 4.63. The lowest BCUT2D eigenvalue weighted by Gasteiger charge is -2.41. The predicted octanol–water partition coefficient (Wildman–Crippen LogP) is 2.57. The molecule has 2 aliphatic rings. The van der Waals surface area contributed by atoms with Crippen molar-refractivity contribution in [2.24, 2.45) is 5.90 Å². The van der Waals surface area contributed by atoms with Crippen LogP contribution < -0.4 is 10.8 Å². The first-order valence-corrected chi connectivity index (χ1v) is 8.50. The molecule has 6 nitrogen and oxygen atoms in total. The van der Waals surface area contributed by atoms with Crippen molar-refractivity contribution in [1.82, 2.24) is 4.98 Å². The topological polar surface area (TPSA) is 84.5 Å². The second-order valence-electron chi connectivity index (χ2n) is 6.17. The molecule has 0 amide bonds. The van der Waals surface area contributed by atoms with Crippen molar-refractivity contribution >= 4 is 22.2 Å². The van der Waals surface area contributed by atoms with Gasteiger partial charge in [0, 0.05) is 6.54 Å². The van der Waals surface area contributed by atoms with E-state index in [4.69, 9.17) is 16.0 Å². The third-order valence-corrected chi connectivity index (χ3v) is 6.03. The molecule has 1 aliphatic heterocycles. The number of thiazole rings is 1. The molecule has 3 N–H and O–H groups in total. The fraction of sp³-hybridized carbons (Fsp3) is 0.714. The number of alkyl halides is 3. The van der Waals surface area contributed by atoms with E-state index in [1.54, 1.807) is 0 Å². The second-order valence-corrected chi connectivity index (χ2v) is 7.15. The Labute approximate surface area is 141 Å². The first-order valence-electron chi connectivity index (χ1n) is 7.68. The number of nitrogens with one attached hydrogen (secondary N) is 1. The van der Waals surface area contributed by atoms with Crippen LogP contribution in [0.2, 0.25) is 0 Å². The van der Waals surface area contributed by atoms with Gasteiger partial charge in [-0.1, -0.05) is 17.8 Å². The zero-order chi connectivity index (χ0) is 17.5. The summed E-state index contributed by atoms with van der Waals surface area (Å²) in [6.45, 7) is 3.37. The summed E-state index contributed by atoms with van der Waals surface area (Å²) >= 11 is 0.986. The summed E-state index contributed by atoms with van der Waals surface area (Å²) in [5, 5.41) is 8.30. The van der Waals surface area contributed by atoms with E-state index in [-0.39, 0.29) is 29.6 Å². The number of aromatic nitrogens is 1. The average molecular weight is 364 g/mol. The van der Waals surface area contributed by atoms with Crippen LogP contribution >= 0.6 is 11.3 Å². The lowest BCUT2D eigenvalue weighted by molar-refractivity contribution is -0.212. The highest BCUT2D eigenvalue weighted by Gasteiger charge is 2.61. The molecule has 1 saturated carbocycles. The van der Waals surface area contributed by atoms with E-state index in [0.717, 1.165) is 11.3 Å². The third-order valence-electron chi connectivity index (χ3n) is 4.73. The van der Waals surface area contributed by atoms with Crippen LogP contribution in [0.3, 0.4) is 0 Å². The molecule has 1 atom stereocenters. The van der Waals surface area contributed by atoms with Crippen LogP contribution in [0.15, 0.2) is 0 Å². The van der Waals surface area contributed by atoms with E-state index in [0.29, 0.717) is 31.2 Å². The van der Waals surface area contributed by atoms with E-state index < -0.39 is 17.5 Å². The first kappa shape index (κ1) is 17.4. The summed E-state index contributed by atoms with van der Waals surface area (Å²) in [7, 11) is 0. The Bertz CT molecular complexity index is 630. The van der Waals surface area contributed by atoms with Gasteiger partial charge in [-0.25, -0.2) is 4.98 Å². The maximum atomic E-state index is 13.6. The summed E-state index contributed by atoms with van der Waals surface area (Å²) in [5.41, 5.74) is -1.84. The summed E-state index contributed by atoms with van der Waals surface area (Å²) in [6, 6.07) is -0.0281. The van der Waals surface area contributed by atoms with Crippen molar-refractivity contribution in [2.45, 2.75) is 43.8 Å². The normalized spacial score (nSPS) is 23.7. The van der Waals surface area contributed by atoms with E-state index >= 15 is 0 Å². The minimum atomic E-state index is -4.36. The van der Waals surface area contributed by atoms with Gasteiger partial charge in [0.25, 0.3) is 5.90 Å². The number of morpholine rings is 1. The second kappa shape index (κ2) is 6.16. The molecule has 1 aromatic rings. The zero-order valence-electron chi connectivity index (χ0n) is 13.2.